The van der Waals surface area contributed by atoms with Crippen LogP contribution in [0.15, 0.2) is 48.5 Å². The molecule has 3 aromatic rings. The Morgan fingerprint density at radius 1 is 1.00 bits per heavy atom. The minimum absolute atomic E-state index is 0.192. The van der Waals surface area contributed by atoms with Gasteiger partial charge in [-0.25, -0.2) is 4.39 Å². The van der Waals surface area contributed by atoms with Crippen molar-refractivity contribution < 1.29 is 18.7 Å². The second-order valence-corrected chi connectivity index (χ2v) is 6.48. The summed E-state index contributed by atoms with van der Waals surface area (Å²) in [6.07, 6.45) is 0. The summed E-state index contributed by atoms with van der Waals surface area (Å²) in [7, 11) is 4.80. The minimum Gasteiger partial charge on any atom is -0.493 e. The zero-order valence-corrected chi connectivity index (χ0v) is 16.6. The maximum atomic E-state index is 14.3. The van der Waals surface area contributed by atoms with Crippen LogP contribution in [0.3, 0.4) is 0 Å². The summed E-state index contributed by atoms with van der Waals surface area (Å²) in [5.74, 6) is 0.598. The van der Waals surface area contributed by atoms with Crippen molar-refractivity contribution in [1.29, 1.82) is 0 Å². The smallest absolute Gasteiger partial charge is 0.259 e. The molecule has 0 radical (unpaired) electrons. The molecule has 0 unspecified atom stereocenters. The van der Waals surface area contributed by atoms with Gasteiger partial charge in [0, 0.05) is 30.2 Å². The number of carbonyl (C=O) groups excluding carboxylic acids is 1. The van der Waals surface area contributed by atoms with Gasteiger partial charge in [-0.1, -0.05) is 12.1 Å². The molecular weight excluding hydrogens is 359 g/mol. The first-order chi connectivity index (χ1) is 13.4. The molecule has 0 bridgehead atoms. The Balaban J connectivity index is 2.00. The molecule has 0 saturated carbocycles. The Morgan fingerprint density at radius 3 is 2.32 bits per heavy atom. The quantitative estimate of drug-likeness (QED) is 0.651. The Bertz CT molecular complexity index is 1030. The van der Waals surface area contributed by atoms with Crippen molar-refractivity contribution in [3.8, 4) is 17.2 Å². The number of methoxy groups -OCH3 is 2. The van der Waals surface area contributed by atoms with E-state index in [1.54, 1.807) is 68.3 Å². The number of halogens is 1. The molecule has 3 rings (SSSR count). The van der Waals surface area contributed by atoms with E-state index in [1.807, 2.05) is 13.8 Å². The number of aryl methyl sites for hydroxylation is 1. The lowest BCUT2D eigenvalue weighted by atomic mass is 10.2. The fourth-order valence-corrected chi connectivity index (χ4v) is 3.31. The standard InChI is InChI=1S/C22H23FN2O3/c1-14-12-17(15(2)25(14)19-9-7-6-8-18(19)23)22(26)24(3)16-10-11-20(27-4)21(13-16)28-5/h6-13H,1-5H3. The summed E-state index contributed by atoms with van der Waals surface area (Å²) in [6, 6.07) is 13.6. The molecule has 0 aliphatic rings. The van der Waals surface area contributed by atoms with Crippen LogP contribution in [0, 0.1) is 19.7 Å². The van der Waals surface area contributed by atoms with Gasteiger partial charge in [0.25, 0.3) is 5.91 Å². The average Bonchev–Trinajstić information content (AvgIpc) is 3.00. The fraction of sp³-hybridized carbons (Fsp3) is 0.227. The van der Waals surface area contributed by atoms with E-state index in [9.17, 15) is 9.18 Å². The predicted octanol–water partition coefficient (Wildman–Crippen LogP) is 4.53. The van der Waals surface area contributed by atoms with Gasteiger partial charge in [-0.3, -0.25) is 4.79 Å². The number of para-hydroxylation sites is 1. The van der Waals surface area contributed by atoms with Gasteiger partial charge in [0.1, 0.15) is 5.82 Å². The number of rotatable bonds is 5. The molecule has 1 heterocycles. The zero-order chi connectivity index (χ0) is 20.4. The van der Waals surface area contributed by atoms with Crippen molar-refractivity contribution in [3.05, 3.63) is 71.3 Å². The van der Waals surface area contributed by atoms with Crippen LogP contribution in [0.1, 0.15) is 21.7 Å². The SMILES string of the molecule is COc1ccc(N(C)C(=O)c2cc(C)n(-c3ccccc3F)c2C)cc1OC. The maximum absolute atomic E-state index is 14.3. The van der Waals surface area contributed by atoms with Gasteiger partial charge in [-0.2, -0.15) is 0 Å². The first-order valence-corrected chi connectivity index (χ1v) is 8.83. The molecule has 6 heteroatoms. The summed E-state index contributed by atoms with van der Waals surface area (Å²) < 4.78 is 26.6. The third-order valence-corrected chi connectivity index (χ3v) is 4.81. The van der Waals surface area contributed by atoms with Crippen molar-refractivity contribution in [2.24, 2.45) is 0 Å². The van der Waals surface area contributed by atoms with Crippen LogP contribution in [-0.2, 0) is 0 Å². The lowest BCUT2D eigenvalue weighted by Gasteiger charge is -2.19. The number of hydrogen-bond donors (Lipinski definition) is 0. The van der Waals surface area contributed by atoms with Gasteiger partial charge in [-0.05, 0) is 44.2 Å². The molecule has 28 heavy (non-hydrogen) atoms. The number of anilines is 1. The summed E-state index contributed by atoms with van der Waals surface area (Å²) in [4.78, 5) is 14.7. The molecule has 0 saturated heterocycles. The molecule has 0 aliphatic heterocycles. The van der Waals surface area contributed by atoms with E-state index in [0.717, 1.165) is 5.69 Å². The molecule has 0 N–H and O–H groups in total. The van der Waals surface area contributed by atoms with Crippen LogP contribution >= 0.6 is 0 Å². The van der Waals surface area contributed by atoms with E-state index in [0.29, 0.717) is 34.1 Å². The summed E-state index contributed by atoms with van der Waals surface area (Å²) in [5, 5.41) is 0. The van der Waals surface area contributed by atoms with Gasteiger partial charge in [0.15, 0.2) is 11.5 Å². The van der Waals surface area contributed by atoms with Crippen molar-refractivity contribution in [3.63, 3.8) is 0 Å². The molecule has 0 atom stereocenters. The van der Waals surface area contributed by atoms with Gasteiger partial charge >= 0.3 is 0 Å². The van der Waals surface area contributed by atoms with Crippen molar-refractivity contribution in [1.82, 2.24) is 4.57 Å². The van der Waals surface area contributed by atoms with Crippen molar-refractivity contribution >= 4 is 11.6 Å². The van der Waals surface area contributed by atoms with Gasteiger partial charge in [-0.15, -0.1) is 0 Å². The topological polar surface area (TPSA) is 43.7 Å². The van der Waals surface area contributed by atoms with Crippen LogP contribution < -0.4 is 14.4 Å². The van der Waals surface area contributed by atoms with E-state index in [2.05, 4.69) is 0 Å². The van der Waals surface area contributed by atoms with Crippen LogP contribution in [0.25, 0.3) is 5.69 Å². The molecule has 1 aromatic heterocycles. The third-order valence-electron chi connectivity index (χ3n) is 4.81. The molecule has 0 aliphatic carbocycles. The average molecular weight is 382 g/mol. The highest BCUT2D eigenvalue weighted by Crippen LogP contribution is 2.32. The Hall–Kier alpha value is -3.28. The van der Waals surface area contributed by atoms with Crippen LogP contribution in [0.4, 0.5) is 10.1 Å². The highest BCUT2D eigenvalue weighted by atomic mass is 19.1. The molecule has 1 amide bonds. The molecular formula is C22H23FN2O3. The van der Waals surface area contributed by atoms with Crippen LogP contribution in [-0.4, -0.2) is 31.7 Å². The summed E-state index contributed by atoms with van der Waals surface area (Å²) >= 11 is 0. The van der Waals surface area contributed by atoms with Gasteiger partial charge < -0.3 is 18.9 Å². The number of nitrogens with zero attached hydrogens (tertiary/aromatic N) is 2. The number of benzene rings is 2. The Kier molecular flexibility index (Phi) is 5.40. The van der Waals surface area contributed by atoms with E-state index >= 15 is 0 Å². The van der Waals surface area contributed by atoms with Crippen molar-refractivity contribution in [2.45, 2.75) is 13.8 Å². The summed E-state index contributed by atoms with van der Waals surface area (Å²) in [6.45, 7) is 3.67. The number of carbonyl (C=O) groups is 1. The Labute approximate surface area is 163 Å². The molecule has 146 valence electrons. The number of aromatic nitrogens is 1. The third kappa shape index (κ3) is 3.33. The number of ether oxygens (including phenoxy) is 2. The fourth-order valence-electron chi connectivity index (χ4n) is 3.31. The predicted molar refractivity (Wildman–Crippen MR) is 107 cm³/mol. The minimum atomic E-state index is -0.337. The molecule has 2 aromatic carbocycles. The lowest BCUT2D eigenvalue weighted by Crippen LogP contribution is -2.26. The highest BCUT2D eigenvalue weighted by molar-refractivity contribution is 6.07. The van der Waals surface area contributed by atoms with E-state index in [1.165, 1.54) is 11.0 Å². The van der Waals surface area contributed by atoms with E-state index in [-0.39, 0.29) is 11.7 Å². The molecule has 5 nitrogen and oxygen atoms in total. The monoisotopic (exact) mass is 382 g/mol. The second kappa shape index (κ2) is 7.76. The number of hydrogen-bond acceptors (Lipinski definition) is 3. The summed E-state index contributed by atoms with van der Waals surface area (Å²) in [5.41, 5.74) is 3.06. The molecule has 0 fully saturated rings. The van der Waals surface area contributed by atoms with Crippen LogP contribution in [0.2, 0.25) is 0 Å². The first-order valence-electron chi connectivity index (χ1n) is 8.83. The highest BCUT2D eigenvalue weighted by Gasteiger charge is 2.22. The second-order valence-electron chi connectivity index (χ2n) is 6.48. The van der Waals surface area contributed by atoms with E-state index < -0.39 is 0 Å². The first kappa shape index (κ1) is 19.5. The van der Waals surface area contributed by atoms with Gasteiger partial charge in [0.2, 0.25) is 0 Å². The Morgan fingerprint density at radius 2 is 1.68 bits per heavy atom. The molecule has 0 spiro atoms. The lowest BCUT2D eigenvalue weighted by molar-refractivity contribution is 0.0992. The zero-order valence-electron chi connectivity index (χ0n) is 16.6. The normalized spacial score (nSPS) is 10.6. The van der Waals surface area contributed by atoms with Crippen LogP contribution in [0.5, 0.6) is 11.5 Å². The van der Waals surface area contributed by atoms with E-state index in [4.69, 9.17) is 9.47 Å². The largest absolute Gasteiger partial charge is 0.493 e. The maximum Gasteiger partial charge on any atom is 0.259 e. The van der Waals surface area contributed by atoms with Crippen molar-refractivity contribution in [2.75, 3.05) is 26.2 Å². The number of amides is 1. The van der Waals surface area contributed by atoms with Gasteiger partial charge in [0.05, 0.1) is 25.5 Å².